The van der Waals surface area contributed by atoms with Crippen molar-refractivity contribution in [2.75, 3.05) is 5.75 Å². The molecule has 0 fully saturated rings. The van der Waals surface area contributed by atoms with Crippen LogP contribution < -0.4 is 5.32 Å². The first-order valence-electron chi connectivity index (χ1n) is 6.50. The molecule has 0 spiro atoms. The van der Waals surface area contributed by atoms with Gasteiger partial charge in [-0.05, 0) is 13.8 Å². The smallest absolute Gasteiger partial charge is 0.225 e. The van der Waals surface area contributed by atoms with E-state index in [-0.39, 0.29) is 5.91 Å². The largest absolute Gasteiger partial charge is 0.350 e. The lowest BCUT2D eigenvalue weighted by molar-refractivity contribution is -0.120. The molecule has 3 heterocycles. The minimum Gasteiger partial charge on any atom is -0.350 e. The van der Waals surface area contributed by atoms with Crippen molar-refractivity contribution in [3.05, 3.63) is 27.5 Å². The average molecular weight is 308 g/mol. The highest BCUT2D eigenvalue weighted by Crippen LogP contribution is 2.24. The highest BCUT2D eigenvalue weighted by molar-refractivity contribution is 7.99. The highest BCUT2D eigenvalue weighted by atomic mass is 32.2. The molecule has 20 heavy (non-hydrogen) atoms. The van der Waals surface area contributed by atoms with E-state index in [0.29, 0.717) is 13.0 Å². The molecule has 7 heteroatoms. The zero-order valence-electron chi connectivity index (χ0n) is 11.5. The monoisotopic (exact) mass is 308 g/mol. The summed E-state index contributed by atoms with van der Waals surface area (Å²) in [5.41, 5.74) is 1.89. The Hall–Kier alpha value is -1.34. The van der Waals surface area contributed by atoms with Gasteiger partial charge in [-0.3, -0.25) is 4.79 Å². The van der Waals surface area contributed by atoms with Crippen LogP contribution in [0.5, 0.6) is 0 Å². The van der Waals surface area contributed by atoms with Gasteiger partial charge in [-0.1, -0.05) is 11.8 Å². The number of nitrogens with zero attached hydrogens (tertiary/aromatic N) is 3. The van der Waals surface area contributed by atoms with Gasteiger partial charge in [-0.15, -0.1) is 11.3 Å². The van der Waals surface area contributed by atoms with Gasteiger partial charge in [0.1, 0.15) is 0 Å². The van der Waals surface area contributed by atoms with Crippen LogP contribution in [0.15, 0.2) is 11.4 Å². The van der Waals surface area contributed by atoms with E-state index >= 15 is 0 Å². The average Bonchev–Trinajstić information content (AvgIpc) is 3.02. The van der Waals surface area contributed by atoms with E-state index in [0.717, 1.165) is 38.7 Å². The van der Waals surface area contributed by atoms with Gasteiger partial charge >= 0.3 is 0 Å². The molecule has 3 rings (SSSR count). The summed E-state index contributed by atoms with van der Waals surface area (Å²) >= 11 is 3.35. The van der Waals surface area contributed by atoms with Crippen LogP contribution >= 0.6 is 23.1 Å². The number of rotatable bonds is 4. The van der Waals surface area contributed by atoms with Gasteiger partial charge in [0.15, 0.2) is 5.16 Å². The minimum atomic E-state index is 0.0255. The van der Waals surface area contributed by atoms with Crippen molar-refractivity contribution in [2.24, 2.45) is 0 Å². The molecular weight excluding hydrogens is 292 g/mol. The molecule has 2 aromatic rings. The number of carbonyl (C=O) groups excluding carboxylic acids is 1. The number of nitrogens with one attached hydrogen (secondary N) is 1. The van der Waals surface area contributed by atoms with Gasteiger partial charge < -0.3 is 9.88 Å². The summed E-state index contributed by atoms with van der Waals surface area (Å²) in [6.07, 6.45) is 2.43. The fourth-order valence-electron chi connectivity index (χ4n) is 2.18. The zero-order chi connectivity index (χ0) is 14.1. The lowest BCUT2D eigenvalue weighted by Crippen LogP contribution is -2.24. The molecule has 0 aliphatic carbocycles. The molecule has 0 atom stereocenters. The lowest BCUT2D eigenvalue weighted by atomic mass is 10.3. The lowest BCUT2D eigenvalue weighted by Gasteiger charge is -2.02. The molecule has 0 aromatic carbocycles. The van der Waals surface area contributed by atoms with Gasteiger partial charge in [-0.25, -0.2) is 9.97 Å². The van der Waals surface area contributed by atoms with Crippen molar-refractivity contribution in [2.45, 2.75) is 38.5 Å². The Balaban J connectivity index is 1.55. The molecular formula is C13H16N4OS2. The van der Waals surface area contributed by atoms with Crippen molar-refractivity contribution in [3.63, 3.8) is 0 Å². The molecule has 1 amide bonds. The van der Waals surface area contributed by atoms with E-state index in [9.17, 15) is 4.79 Å². The second-order valence-corrected chi connectivity index (χ2v) is 7.10. The summed E-state index contributed by atoms with van der Waals surface area (Å²) in [6.45, 7) is 5.42. The van der Waals surface area contributed by atoms with Gasteiger partial charge in [0, 0.05) is 23.4 Å². The first-order valence-corrected chi connectivity index (χ1v) is 8.30. The first-order chi connectivity index (χ1) is 9.61. The fraction of sp³-hybridized carbons (Fsp3) is 0.462. The molecule has 0 bridgehead atoms. The summed E-state index contributed by atoms with van der Waals surface area (Å²) in [4.78, 5) is 21.8. The Morgan fingerprint density at radius 2 is 2.30 bits per heavy atom. The summed E-state index contributed by atoms with van der Waals surface area (Å²) in [5.74, 6) is 1.12. The molecule has 5 nitrogen and oxygen atoms in total. The molecule has 0 saturated carbocycles. The summed E-state index contributed by atoms with van der Waals surface area (Å²) in [7, 11) is 0. The van der Waals surface area contributed by atoms with Crippen LogP contribution in [-0.4, -0.2) is 26.2 Å². The molecule has 0 radical (unpaired) electrons. The van der Waals surface area contributed by atoms with Crippen LogP contribution in [0.4, 0.5) is 0 Å². The van der Waals surface area contributed by atoms with Crippen LogP contribution in [-0.2, 0) is 24.3 Å². The number of hydrogen-bond acceptors (Lipinski definition) is 5. The van der Waals surface area contributed by atoms with Crippen molar-refractivity contribution in [1.82, 2.24) is 19.9 Å². The predicted octanol–water partition coefficient (Wildman–Crippen LogP) is 1.92. The SMILES string of the molecule is Cc1nc(C)c(CC(=O)NCc2cn3c(n2)SCC3)s1. The Labute approximate surface area is 125 Å². The second kappa shape index (κ2) is 5.57. The highest BCUT2D eigenvalue weighted by Gasteiger charge is 2.15. The standard InChI is InChI=1S/C13H16N4OS2/c1-8-11(20-9(2)15-8)5-12(18)14-6-10-7-17-3-4-19-13(17)16-10/h7H,3-6H2,1-2H3,(H,14,18). The predicted molar refractivity (Wildman–Crippen MR) is 80.1 cm³/mol. The number of amides is 1. The van der Waals surface area contributed by atoms with Crippen molar-refractivity contribution in [3.8, 4) is 0 Å². The number of fused-ring (bicyclic) bond motifs is 1. The van der Waals surface area contributed by atoms with Gasteiger partial charge in [-0.2, -0.15) is 0 Å². The maximum absolute atomic E-state index is 12.0. The molecule has 106 valence electrons. The van der Waals surface area contributed by atoms with E-state index in [1.165, 1.54) is 0 Å². The Kier molecular flexibility index (Phi) is 3.80. The number of aryl methyl sites for hydroxylation is 3. The molecule has 1 N–H and O–H groups in total. The van der Waals surface area contributed by atoms with E-state index in [2.05, 4.69) is 19.9 Å². The molecule has 1 aliphatic rings. The quantitative estimate of drug-likeness (QED) is 0.937. The van der Waals surface area contributed by atoms with Gasteiger partial charge in [0.05, 0.1) is 29.4 Å². The number of thioether (sulfide) groups is 1. The Bertz CT molecular complexity index is 625. The second-order valence-electron chi connectivity index (χ2n) is 4.75. The van der Waals surface area contributed by atoms with Crippen LogP contribution in [0.1, 0.15) is 21.3 Å². The first kappa shape index (κ1) is 13.6. The third-order valence-electron chi connectivity index (χ3n) is 3.14. The van der Waals surface area contributed by atoms with E-state index in [1.54, 1.807) is 23.1 Å². The van der Waals surface area contributed by atoms with Crippen molar-refractivity contribution >= 4 is 29.0 Å². The maximum Gasteiger partial charge on any atom is 0.225 e. The number of aromatic nitrogens is 3. The number of imidazole rings is 1. The number of thiazole rings is 1. The zero-order valence-corrected chi connectivity index (χ0v) is 13.1. The Morgan fingerprint density at radius 3 is 3.00 bits per heavy atom. The summed E-state index contributed by atoms with van der Waals surface area (Å²) < 4.78 is 2.14. The van der Waals surface area contributed by atoms with Gasteiger partial charge in [0.25, 0.3) is 0 Å². The number of carbonyl (C=O) groups is 1. The third-order valence-corrected chi connectivity index (χ3v) is 5.18. The van der Waals surface area contributed by atoms with Crippen molar-refractivity contribution in [1.29, 1.82) is 0 Å². The molecule has 1 aliphatic heterocycles. The third kappa shape index (κ3) is 2.88. The maximum atomic E-state index is 12.0. The van der Waals surface area contributed by atoms with Crippen molar-refractivity contribution < 1.29 is 4.79 Å². The van der Waals surface area contributed by atoms with Gasteiger partial charge in [0.2, 0.25) is 5.91 Å². The van der Waals surface area contributed by atoms with Crippen LogP contribution in [0.2, 0.25) is 0 Å². The van der Waals surface area contributed by atoms with Crippen LogP contribution in [0.3, 0.4) is 0 Å². The van der Waals surface area contributed by atoms with Crippen LogP contribution in [0, 0.1) is 13.8 Å². The molecule has 2 aromatic heterocycles. The molecule has 0 saturated heterocycles. The summed E-state index contributed by atoms with van der Waals surface area (Å²) in [5, 5.41) is 4.99. The van der Waals surface area contributed by atoms with E-state index in [4.69, 9.17) is 0 Å². The topological polar surface area (TPSA) is 59.8 Å². The fourth-order valence-corrected chi connectivity index (χ4v) is 4.08. The summed E-state index contributed by atoms with van der Waals surface area (Å²) in [6, 6.07) is 0. The minimum absolute atomic E-state index is 0.0255. The normalized spacial score (nSPS) is 13.5. The van der Waals surface area contributed by atoms with E-state index < -0.39 is 0 Å². The van der Waals surface area contributed by atoms with Crippen LogP contribution in [0.25, 0.3) is 0 Å². The number of hydrogen-bond donors (Lipinski definition) is 1. The Morgan fingerprint density at radius 1 is 1.45 bits per heavy atom. The molecule has 0 unspecified atom stereocenters. The van der Waals surface area contributed by atoms with E-state index in [1.807, 2.05) is 20.0 Å².